The molecular weight excluding hydrogens is 240 g/mol. The Morgan fingerprint density at radius 3 is 2.47 bits per heavy atom. The number of nitrogens with one attached hydrogen (secondary N) is 1. The summed E-state index contributed by atoms with van der Waals surface area (Å²) in [7, 11) is 0. The van der Waals surface area contributed by atoms with Crippen LogP contribution < -0.4 is 5.32 Å². The number of amides is 1. The molecule has 4 nitrogen and oxygen atoms in total. The van der Waals surface area contributed by atoms with Crippen molar-refractivity contribution in [3.8, 4) is 0 Å². The Balaban J connectivity index is 2.35. The van der Waals surface area contributed by atoms with Crippen LogP contribution in [0.1, 0.15) is 57.1 Å². The van der Waals surface area contributed by atoms with Crippen LogP contribution in [-0.4, -0.2) is 17.1 Å². The third-order valence-electron chi connectivity index (χ3n) is 3.34. The molecule has 0 saturated heterocycles. The van der Waals surface area contributed by atoms with E-state index < -0.39 is 0 Å². The van der Waals surface area contributed by atoms with Crippen LogP contribution in [0.5, 0.6) is 0 Å². The van der Waals surface area contributed by atoms with E-state index in [0.29, 0.717) is 6.42 Å². The van der Waals surface area contributed by atoms with Crippen molar-refractivity contribution in [3.05, 3.63) is 17.0 Å². The summed E-state index contributed by atoms with van der Waals surface area (Å²) in [4.78, 5) is 11.9. The molecule has 1 aromatic rings. The molecule has 0 aromatic carbocycles. The van der Waals surface area contributed by atoms with E-state index in [4.69, 9.17) is 4.52 Å². The Kier molecular flexibility index (Phi) is 6.06. The van der Waals surface area contributed by atoms with Gasteiger partial charge in [-0.25, -0.2) is 0 Å². The molecule has 0 aliphatic carbocycles. The number of aryl methyl sites for hydroxylation is 2. The van der Waals surface area contributed by atoms with Gasteiger partial charge in [0, 0.05) is 11.6 Å². The van der Waals surface area contributed by atoms with Crippen molar-refractivity contribution < 1.29 is 9.32 Å². The molecule has 1 heterocycles. The molecule has 1 rings (SSSR count). The maximum absolute atomic E-state index is 11.9. The molecule has 1 amide bonds. The van der Waals surface area contributed by atoms with Crippen molar-refractivity contribution in [3.63, 3.8) is 0 Å². The lowest BCUT2D eigenvalue weighted by Crippen LogP contribution is -2.33. The number of aromatic nitrogens is 1. The van der Waals surface area contributed by atoms with E-state index in [1.54, 1.807) is 0 Å². The zero-order chi connectivity index (χ0) is 14.4. The highest BCUT2D eigenvalue weighted by atomic mass is 16.5. The molecular formula is C15H26N2O2. The highest BCUT2D eigenvalue weighted by Gasteiger charge is 2.14. The van der Waals surface area contributed by atoms with Crippen LogP contribution in [0.15, 0.2) is 4.52 Å². The molecule has 19 heavy (non-hydrogen) atoms. The summed E-state index contributed by atoms with van der Waals surface area (Å²) in [5, 5.41) is 6.90. The van der Waals surface area contributed by atoms with Gasteiger partial charge < -0.3 is 9.84 Å². The first kappa shape index (κ1) is 15.7. The van der Waals surface area contributed by atoms with Gasteiger partial charge >= 0.3 is 0 Å². The number of carbonyl (C=O) groups excluding carboxylic acids is 1. The zero-order valence-corrected chi connectivity index (χ0v) is 12.7. The molecule has 1 atom stereocenters. The van der Waals surface area contributed by atoms with Gasteiger partial charge in [0.2, 0.25) is 5.91 Å². The summed E-state index contributed by atoms with van der Waals surface area (Å²) in [5.74, 6) is 1.51. The molecule has 0 spiro atoms. The first-order chi connectivity index (χ1) is 8.90. The molecule has 108 valence electrons. The van der Waals surface area contributed by atoms with Crippen LogP contribution >= 0.6 is 0 Å². The number of carbonyl (C=O) groups is 1. The van der Waals surface area contributed by atoms with Gasteiger partial charge in [-0.2, -0.15) is 0 Å². The summed E-state index contributed by atoms with van der Waals surface area (Å²) < 4.78 is 5.06. The molecule has 0 unspecified atom stereocenters. The molecule has 4 heteroatoms. The van der Waals surface area contributed by atoms with Gasteiger partial charge in [0.15, 0.2) is 0 Å². The smallest absolute Gasteiger partial charge is 0.224 e. The third-order valence-corrected chi connectivity index (χ3v) is 3.34. The van der Waals surface area contributed by atoms with Crippen molar-refractivity contribution in [1.29, 1.82) is 0 Å². The van der Waals surface area contributed by atoms with Crippen LogP contribution in [0, 0.1) is 19.8 Å². The van der Waals surface area contributed by atoms with Crippen LogP contribution in [0.3, 0.4) is 0 Å². The van der Waals surface area contributed by atoms with Gasteiger partial charge in [-0.05, 0) is 33.1 Å². The van der Waals surface area contributed by atoms with Crippen LogP contribution in [-0.2, 0) is 11.2 Å². The Bertz CT molecular complexity index is 391. The fourth-order valence-corrected chi connectivity index (χ4v) is 2.15. The van der Waals surface area contributed by atoms with Crippen molar-refractivity contribution in [2.45, 2.75) is 66.3 Å². The second-order valence-electron chi connectivity index (χ2n) is 5.77. The van der Waals surface area contributed by atoms with Crippen molar-refractivity contribution in [2.75, 3.05) is 0 Å². The molecule has 0 radical (unpaired) electrons. The number of nitrogens with zero attached hydrogens (tertiary/aromatic N) is 1. The first-order valence-electron chi connectivity index (χ1n) is 7.11. The Morgan fingerprint density at radius 1 is 1.26 bits per heavy atom. The average Bonchev–Trinajstić information content (AvgIpc) is 2.60. The number of rotatable bonds is 7. The molecule has 0 aliphatic rings. The fraction of sp³-hybridized carbons (Fsp3) is 0.733. The minimum atomic E-state index is 0.0476. The van der Waals surface area contributed by atoms with Crippen LogP contribution in [0.2, 0.25) is 0 Å². The van der Waals surface area contributed by atoms with Gasteiger partial charge in [-0.15, -0.1) is 0 Å². The van der Waals surface area contributed by atoms with Gasteiger partial charge in [0.1, 0.15) is 5.76 Å². The third kappa shape index (κ3) is 5.45. The van der Waals surface area contributed by atoms with Gasteiger partial charge in [-0.3, -0.25) is 4.79 Å². The highest BCUT2D eigenvalue weighted by molar-refractivity contribution is 5.79. The minimum Gasteiger partial charge on any atom is -0.361 e. The lowest BCUT2D eigenvalue weighted by molar-refractivity contribution is -0.121. The van der Waals surface area contributed by atoms with Crippen molar-refractivity contribution in [2.24, 2.45) is 5.92 Å². The average molecular weight is 266 g/mol. The van der Waals surface area contributed by atoms with E-state index in [0.717, 1.165) is 35.8 Å². The van der Waals surface area contributed by atoms with E-state index in [-0.39, 0.29) is 11.9 Å². The maximum atomic E-state index is 11.9. The largest absolute Gasteiger partial charge is 0.361 e. The molecule has 0 fully saturated rings. The highest BCUT2D eigenvalue weighted by Crippen LogP contribution is 2.13. The number of hydrogen-bond donors (Lipinski definition) is 1. The normalized spacial score (nSPS) is 12.7. The predicted octanol–water partition coefficient (Wildman–Crippen LogP) is 3.16. The number of hydrogen-bond acceptors (Lipinski definition) is 3. The lowest BCUT2D eigenvalue weighted by Gasteiger charge is -2.14. The zero-order valence-electron chi connectivity index (χ0n) is 12.7. The first-order valence-corrected chi connectivity index (χ1v) is 7.11. The molecule has 0 saturated carbocycles. The fourth-order valence-electron chi connectivity index (χ4n) is 2.15. The van der Waals surface area contributed by atoms with E-state index in [1.807, 2.05) is 13.8 Å². The minimum absolute atomic E-state index is 0.0476. The second kappa shape index (κ2) is 7.31. The summed E-state index contributed by atoms with van der Waals surface area (Å²) in [6.45, 7) is 10.2. The molecule has 1 N–H and O–H groups in total. The summed E-state index contributed by atoms with van der Waals surface area (Å²) >= 11 is 0. The van der Waals surface area contributed by atoms with Crippen LogP contribution in [0.25, 0.3) is 0 Å². The predicted molar refractivity (Wildman–Crippen MR) is 76.0 cm³/mol. The summed E-state index contributed by atoms with van der Waals surface area (Å²) in [5.41, 5.74) is 1.71. The maximum Gasteiger partial charge on any atom is 0.224 e. The van der Waals surface area contributed by atoms with Gasteiger partial charge in [0.25, 0.3) is 0 Å². The van der Waals surface area contributed by atoms with Crippen molar-refractivity contribution >= 4 is 5.91 Å². The Morgan fingerprint density at radius 2 is 1.95 bits per heavy atom. The van der Waals surface area contributed by atoms with Crippen LogP contribution in [0.4, 0.5) is 0 Å². The van der Waals surface area contributed by atoms with E-state index in [2.05, 4.69) is 31.2 Å². The van der Waals surface area contributed by atoms with Gasteiger partial charge in [-0.1, -0.05) is 31.8 Å². The molecule has 0 aliphatic heterocycles. The summed E-state index contributed by atoms with van der Waals surface area (Å²) in [6.07, 6.45) is 3.76. The Hall–Kier alpha value is -1.32. The SMILES string of the molecule is Cc1noc(C)c1CC(=O)N[C@@H](C)CCCC(C)C. The van der Waals surface area contributed by atoms with Crippen molar-refractivity contribution in [1.82, 2.24) is 10.5 Å². The monoisotopic (exact) mass is 266 g/mol. The lowest BCUT2D eigenvalue weighted by atomic mass is 10.0. The molecule has 0 bridgehead atoms. The quantitative estimate of drug-likeness (QED) is 0.824. The van der Waals surface area contributed by atoms with Gasteiger partial charge in [0.05, 0.1) is 12.1 Å². The van der Waals surface area contributed by atoms with E-state index >= 15 is 0 Å². The molecule has 1 aromatic heterocycles. The second-order valence-corrected chi connectivity index (χ2v) is 5.77. The van der Waals surface area contributed by atoms with E-state index in [9.17, 15) is 4.79 Å². The topological polar surface area (TPSA) is 55.1 Å². The standard InChI is InChI=1S/C15H26N2O2/c1-10(2)7-6-8-11(3)16-15(18)9-14-12(4)17-19-13(14)5/h10-11H,6-9H2,1-5H3,(H,16,18)/t11-/m0/s1. The Labute approximate surface area is 115 Å². The summed E-state index contributed by atoms with van der Waals surface area (Å²) in [6, 6.07) is 0.228. The van der Waals surface area contributed by atoms with E-state index in [1.165, 1.54) is 6.42 Å².